The maximum Gasteiger partial charge on any atom is 2.00 e. The molecule has 0 heterocycles. The molecule has 0 aliphatic rings. The first kappa shape index (κ1) is 28.7. The summed E-state index contributed by atoms with van der Waals surface area (Å²) in [6.07, 6.45) is 6.39. The van der Waals surface area contributed by atoms with Gasteiger partial charge < -0.3 is 29.3 Å². The fourth-order valence-corrected chi connectivity index (χ4v) is 1.00. The molecule has 0 amide bonds. The van der Waals surface area contributed by atoms with E-state index in [0.717, 1.165) is 37.8 Å². The van der Waals surface area contributed by atoms with E-state index in [1.807, 2.05) is 13.8 Å². The molecule has 0 radical (unpaired) electrons. The zero-order valence-corrected chi connectivity index (χ0v) is 19.0. The molecular weight excluding hydrogens is 457 g/mol. The average Bonchev–Trinajstić information content (AvgIpc) is 2.52. The monoisotopic (exact) mass is 480 g/mol. The van der Waals surface area contributed by atoms with Crippen LogP contribution in [0.4, 0.5) is 0 Å². The average molecular weight is 480 g/mol. The van der Waals surface area contributed by atoms with Crippen molar-refractivity contribution in [1.82, 2.24) is 0 Å². The smallest absolute Gasteiger partial charge is 0.545 e. The Hall–Kier alpha value is -1.07. The van der Waals surface area contributed by atoms with Crippen LogP contribution in [-0.2, 0) is 28.7 Å². The van der Waals surface area contributed by atoms with Gasteiger partial charge in [0.05, 0.1) is 25.2 Å². The van der Waals surface area contributed by atoms with Gasteiger partial charge in [-0.25, -0.2) is 9.59 Å². The number of esters is 2. The molecule has 0 aromatic rings. The summed E-state index contributed by atoms with van der Waals surface area (Å²) >= 11 is 0. The van der Waals surface area contributed by atoms with Crippen LogP contribution >= 0.6 is 0 Å². The summed E-state index contributed by atoms with van der Waals surface area (Å²) in [5.41, 5.74) is 0. The molecule has 0 saturated heterocycles. The molecule has 136 valence electrons. The van der Waals surface area contributed by atoms with E-state index in [1.54, 1.807) is 0 Å². The normalized spacial score (nSPS) is 9.68. The Balaban J connectivity index is -0.000000372. The summed E-state index contributed by atoms with van der Waals surface area (Å²) < 4.78 is 9.23. The van der Waals surface area contributed by atoms with Crippen molar-refractivity contribution in [2.75, 3.05) is 13.2 Å². The molecule has 0 atom stereocenters. The van der Waals surface area contributed by atoms with Gasteiger partial charge in [0.2, 0.25) is 0 Å². The quantitative estimate of drug-likeness (QED) is 0.167. The third-order valence-corrected chi connectivity index (χ3v) is 2.20. The van der Waals surface area contributed by atoms with Crippen LogP contribution in [-0.4, -0.2) is 86.0 Å². The minimum absolute atomic E-state index is 0. The largest absolute Gasteiger partial charge is 2.00 e. The number of carboxylic acid groups (broad SMARTS) is 2. The van der Waals surface area contributed by atoms with Crippen LogP contribution in [0.2, 0.25) is 0 Å². The van der Waals surface area contributed by atoms with E-state index < -0.39 is 23.9 Å². The van der Waals surface area contributed by atoms with Crippen LogP contribution in [0.5, 0.6) is 0 Å². The molecule has 0 unspecified atom stereocenters. The van der Waals surface area contributed by atoms with E-state index in [-0.39, 0.29) is 48.9 Å². The zero-order valence-electron chi connectivity index (χ0n) is 14.5. The molecule has 25 heavy (non-hydrogen) atoms. The topological polar surface area (TPSA) is 133 Å². The van der Waals surface area contributed by atoms with Gasteiger partial charge in [0.15, 0.2) is 0 Å². The number of carboxylic acids is 2. The first-order valence-corrected chi connectivity index (χ1v) is 7.45. The molecule has 0 aliphatic carbocycles. The van der Waals surface area contributed by atoms with Crippen molar-refractivity contribution < 1.29 is 38.9 Å². The van der Waals surface area contributed by atoms with E-state index in [2.05, 4.69) is 9.47 Å². The fourth-order valence-electron chi connectivity index (χ4n) is 1.00. The summed E-state index contributed by atoms with van der Waals surface area (Å²) in [7, 11) is 0. The second-order valence-electron chi connectivity index (χ2n) is 4.35. The van der Waals surface area contributed by atoms with Gasteiger partial charge in [0, 0.05) is 12.2 Å². The van der Waals surface area contributed by atoms with Gasteiger partial charge in [-0.3, -0.25) is 0 Å². The van der Waals surface area contributed by atoms with Crippen molar-refractivity contribution in [1.29, 1.82) is 0 Å². The number of carbonyl (C=O) groups excluding carboxylic acids is 4. The minimum Gasteiger partial charge on any atom is -0.545 e. The summed E-state index contributed by atoms with van der Waals surface area (Å²) in [6.45, 7) is 4.58. The number of hydrogen-bond acceptors (Lipinski definition) is 8. The molecule has 0 fully saturated rings. The summed E-state index contributed by atoms with van der Waals surface area (Å²) in [5.74, 6) is -4.09. The molecule has 9 heteroatoms. The van der Waals surface area contributed by atoms with E-state index in [9.17, 15) is 29.4 Å². The van der Waals surface area contributed by atoms with Gasteiger partial charge in [-0.05, 0) is 25.0 Å². The van der Waals surface area contributed by atoms with Gasteiger partial charge in [0.1, 0.15) is 0 Å². The molecule has 8 nitrogen and oxygen atoms in total. The SMILES string of the molecule is CCCCOC(=O)/C=C\C(=O)[O-].CCCCOC(=O)/C=C\C(=O)[O-].[Ba+2]. The van der Waals surface area contributed by atoms with Crippen LogP contribution in [0.25, 0.3) is 0 Å². The Kier molecular flexibility index (Phi) is 24.1. The molecule has 0 aromatic heterocycles. The van der Waals surface area contributed by atoms with Crippen molar-refractivity contribution in [2.24, 2.45) is 0 Å². The van der Waals surface area contributed by atoms with Crippen LogP contribution < -0.4 is 10.2 Å². The van der Waals surface area contributed by atoms with Crippen molar-refractivity contribution in [3.63, 3.8) is 0 Å². The van der Waals surface area contributed by atoms with E-state index >= 15 is 0 Å². The first-order chi connectivity index (χ1) is 11.3. The van der Waals surface area contributed by atoms with Gasteiger partial charge >= 0.3 is 60.8 Å². The molecule has 0 rings (SSSR count). The minimum atomic E-state index is -1.40. The second kappa shape index (κ2) is 21.0. The Morgan fingerprint density at radius 2 is 1.04 bits per heavy atom. The van der Waals surface area contributed by atoms with Crippen molar-refractivity contribution in [3.05, 3.63) is 24.3 Å². The summed E-state index contributed by atoms with van der Waals surface area (Å²) in [4.78, 5) is 40.9. The fraction of sp³-hybridized carbons (Fsp3) is 0.500. The van der Waals surface area contributed by atoms with E-state index in [4.69, 9.17) is 0 Å². The van der Waals surface area contributed by atoms with Crippen LogP contribution in [0.3, 0.4) is 0 Å². The molecule has 0 aliphatic heterocycles. The van der Waals surface area contributed by atoms with Gasteiger partial charge in [-0.15, -0.1) is 0 Å². The Morgan fingerprint density at radius 3 is 1.28 bits per heavy atom. The van der Waals surface area contributed by atoms with Crippen molar-refractivity contribution in [3.8, 4) is 0 Å². The molecule has 0 saturated carbocycles. The number of ether oxygens (including phenoxy) is 2. The third kappa shape index (κ3) is 28.0. The number of hydrogen-bond donors (Lipinski definition) is 0. The molecule has 0 spiro atoms. The Bertz CT molecular complexity index is 415. The zero-order chi connectivity index (χ0) is 18.8. The van der Waals surface area contributed by atoms with Gasteiger partial charge in [-0.2, -0.15) is 0 Å². The van der Waals surface area contributed by atoms with E-state index in [1.165, 1.54) is 0 Å². The third-order valence-electron chi connectivity index (χ3n) is 2.20. The molecule has 0 N–H and O–H groups in total. The van der Waals surface area contributed by atoms with Crippen molar-refractivity contribution >= 4 is 72.8 Å². The Morgan fingerprint density at radius 1 is 0.720 bits per heavy atom. The standard InChI is InChI=1S/2C8H12O4.Ba/c2*1-2-3-6-12-8(11)5-4-7(9)10;/h2*4-5H,2-3,6H2,1H3,(H,9,10);/q;;+2/p-2/b2*5-4-;. The summed E-state index contributed by atoms with van der Waals surface area (Å²) in [6, 6.07) is 0. The number of aliphatic carboxylic acids is 2. The van der Waals surface area contributed by atoms with E-state index in [0.29, 0.717) is 25.4 Å². The van der Waals surface area contributed by atoms with Gasteiger partial charge in [-0.1, -0.05) is 26.7 Å². The second-order valence-corrected chi connectivity index (χ2v) is 4.35. The number of unbranched alkanes of at least 4 members (excludes halogenated alkanes) is 2. The molecule has 0 aromatic carbocycles. The summed E-state index contributed by atoms with van der Waals surface area (Å²) in [5, 5.41) is 19.7. The predicted molar refractivity (Wildman–Crippen MR) is 85.8 cm³/mol. The van der Waals surface area contributed by atoms with Crippen LogP contribution in [0.15, 0.2) is 24.3 Å². The maximum absolute atomic E-state index is 10.6. The van der Waals surface area contributed by atoms with Gasteiger partial charge in [0.25, 0.3) is 0 Å². The predicted octanol–water partition coefficient (Wildman–Crippen LogP) is -1.11. The molecule has 0 bridgehead atoms. The van der Waals surface area contributed by atoms with Crippen molar-refractivity contribution in [2.45, 2.75) is 39.5 Å². The maximum atomic E-state index is 10.6. The van der Waals surface area contributed by atoms with Crippen LogP contribution in [0.1, 0.15) is 39.5 Å². The molecular formula is C16H22BaO8. The number of rotatable bonds is 10. The Labute approximate surface area is 187 Å². The van der Waals surface area contributed by atoms with Crippen LogP contribution in [0, 0.1) is 0 Å². The number of carbonyl (C=O) groups is 4. The first-order valence-electron chi connectivity index (χ1n) is 7.45.